The molecule has 1 aromatic heterocycles. The third kappa shape index (κ3) is 6.07. The van der Waals surface area contributed by atoms with E-state index in [1.165, 1.54) is 0 Å². The highest BCUT2D eigenvalue weighted by atomic mass is 16.5. The van der Waals surface area contributed by atoms with Crippen LogP contribution in [-0.4, -0.2) is 31.4 Å². The maximum absolute atomic E-state index is 12.3. The minimum atomic E-state index is -0.291. The molecule has 0 radical (unpaired) electrons. The molecule has 0 aliphatic heterocycles. The Morgan fingerprint density at radius 3 is 2.71 bits per heavy atom. The van der Waals surface area contributed by atoms with E-state index in [1.807, 2.05) is 55.5 Å². The third-order valence-electron chi connectivity index (χ3n) is 5.74. The highest BCUT2D eigenvalue weighted by molar-refractivity contribution is 5.94. The number of methoxy groups -OCH3 is 1. The first kappa shape index (κ1) is 24.4. The average molecular weight is 475 g/mol. The van der Waals surface area contributed by atoms with Crippen LogP contribution >= 0.6 is 0 Å². The van der Waals surface area contributed by atoms with Gasteiger partial charge in [0.1, 0.15) is 12.4 Å². The number of ether oxygens (including phenoxy) is 3. The highest BCUT2D eigenvalue weighted by Gasteiger charge is 2.15. The number of rotatable bonds is 11. The molecule has 2 N–H and O–H groups in total. The van der Waals surface area contributed by atoms with Crippen LogP contribution in [0.5, 0.6) is 5.75 Å². The number of hydrogen-bond acceptors (Lipinski definition) is 7. The summed E-state index contributed by atoms with van der Waals surface area (Å²) >= 11 is 0. The molecule has 0 saturated heterocycles. The number of hydrogen-bond donors (Lipinski definition) is 1. The Morgan fingerprint density at radius 2 is 1.89 bits per heavy atom. The Labute approximate surface area is 204 Å². The van der Waals surface area contributed by atoms with Crippen LogP contribution in [0.4, 0.5) is 0 Å². The lowest BCUT2D eigenvalue weighted by Crippen LogP contribution is -2.11. The van der Waals surface area contributed by atoms with Crippen molar-refractivity contribution in [3.63, 3.8) is 0 Å². The number of carbonyl (C=O) groups excluding carboxylic acids is 1. The molecule has 0 atom stereocenters. The van der Waals surface area contributed by atoms with Gasteiger partial charge in [-0.2, -0.15) is 0 Å². The van der Waals surface area contributed by atoms with Crippen molar-refractivity contribution in [1.82, 2.24) is 5.16 Å². The average Bonchev–Trinajstić information content (AvgIpc) is 3.26. The third-order valence-corrected chi connectivity index (χ3v) is 5.74. The van der Waals surface area contributed by atoms with Crippen molar-refractivity contribution in [2.45, 2.75) is 32.9 Å². The topological polar surface area (TPSA) is 96.8 Å². The van der Waals surface area contributed by atoms with Gasteiger partial charge in [-0.15, -0.1) is 0 Å². The van der Waals surface area contributed by atoms with Crippen molar-refractivity contribution in [3.05, 3.63) is 83.0 Å². The smallest absolute Gasteiger partial charge is 0.310 e. The zero-order chi connectivity index (χ0) is 24.6. The summed E-state index contributed by atoms with van der Waals surface area (Å²) in [5, 5.41) is 5.10. The van der Waals surface area contributed by atoms with Gasteiger partial charge in [-0.3, -0.25) is 4.79 Å². The number of para-hydroxylation sites is 1. The van der Waals surface area contributed by atoms with Crippen molar-refractivity contribution < 1.29 is 23.5 Å². The Morgan fingerprint density at radius 1 is 1.03 bits per heavy atom. The number of nitrogens with zero attached hydrogens (tertiary/aromatic N) is 1. The summed E-state index contributed by atoms with van der Waals surface area (Å²) in [6.45, 7) is 3.60. The zero-order valence-corrected chi connectivity index (χ0v) is 20.1. The van der Waals surface area contributed by atoms with Gasteiger partial charge in [0.25, 0.3) is 0 Å². The normalized spacial score (nSPS) is 11.1. The molecular formula is C28H30N2O5. The molecule has 0 aliphatic carbocycles. The predicted octanol–water partition coefficient (Wildman–Crippen LogP) is 4.96. The van der Waals surface area contributed by atoms with E-state index < -0.39 is 0 Å². The van der Waals surface area contributed by atoms with Crippen LogP contribution in [0.1, 0.15) is 28.8 Å². The molecule has 0 fully saturated rings. The Kier molecular flexibility index (Phi) is 8.13. The fourth-order valence-corrected chi connectivity index (χ4v) is 3.93. The number of esters is 1. The minimum Gasteiger partial charge on any atom is -0.489 e. The molecule has 0 bridgehead atoms. The second-order valence-corrected chi connectivity index (χ2v) is 8.33. The molecule has 7 heteroatoms. The van der Waals surface area contributed by atoms with Crippen molar-refractivity contribution in [2.75, 3.05) is 20.3 Å². The van der Waals surface area contributed by atoms with Gasteiger partial charge in [0.05, 0.1) is 18.7 Å². The number of aryl methyl sites for hydroxylation is 1. The summed E-state index contributed by atoms with van der Waals surface area (Å²) in [5.41, 5.74) is 12.1. The van der Waals surface area contributed by atoms with E-state index in [4.69, 9.17) is 24.5 Å². The van der Waals surface area contributed by atoms with Gasteiger partial charge >= 0.3 is 5.97 Å². The molecular weight excluding hydrogens is 444 g/mol. The number of fused-ring (bicyclic) bond motifs is 1. The molecule has 0 spiro atoms. The molecule has 182 valence electrons. The van der Waals surface area contributed by atoms with Gasteiger partial charge in [-0.1, -0.05) is 41.6 Å². The Hall–Kier alpha value is -3.68. The number of aromatic nitrogens is 1. The van der Waals surface area contributed by atoms with Crippen LogP contribution in [-0.2, 0) is 33.8 Å². The molecule has 4 aromatic rings. The van der Waals surface area contributed by atoms with Crippen LogP contribution in [0.2, 0.25) is 0 Å². The molecule has 3 aromatic carbocycles. The summed E-state index contributed by atoms with van der Waals surface area (Å²) < 4.78 is 22.1. The van der Waals surface area contributed by atoms with Crippen molar-refractivity contribution in [2.24, 2.45) is 5.73 Å². The van der Waals surface area contributed by atoms with Gasteiger partial charge in [-0.25, -0.2) is 0 Å². The Balaban J connectivity index is 1.54. The number of nitrogens with two attached hydrogens (primary N) is 1. The van der Waals surface area contributed by atoms with Crippen LogP contribution < -0.4 is 10.5 Å². The van der Waals surface area contributed by atoms with Crippen LogP contribution in [0, 0.1) is 6.92 Å². The monoisotopic (exact) mass is 474 g/mol. The van der Waals surface area contributed by atoms with Gasteiger partial charge in [-0.05, 0) is 47.9 Å². The maximum atomic E-state index is 12.3. The highest BCUT2D eigenvalue weighted by Crippen LogP contribution is 2.33. The van der Waals surface area contributed by atoms with Gasteiger partial charge in [0.2, 0.25) is 0 Å². The minimum absolute atomic E-state index is 0.143. The van der Waals surface area contributed by atoms with E-state index >= 15 is 0 Å². The quantitative estimate of drug-likeness (QED) is 0.242. The van der Waals surface area contributed by atoms with Crippen molar-refractivity contribution in [1.29, 1.82) is 0 Å². The second-order valence-electron chi connectivity index (χ2n) is 8.33. The molecule has 4 rings (SSSR count). The summed E-state index contributed by atoms with van der Waals surface area (Å²) in [7, 11) is 1.62. The SMILES string of the molecule is COCCCOC(=O)Cc1ccccc1OCc1cc(-c2cccc(CN)c2)c2onc(C)c2c1. The summed E-state index contributed by atoms with van der Waals surface area (Å²) in [6, 6.07) is 19.7. The lowest BCUT2D eigenvalue weighted by Gasteiger charge is -2.13. The Bertz CT molecular complexity index is 1300. The molecule has 0 amide bonds. The van der Waals surface area contributed by atoms with Crippen molar-refractivity contribution >= 4 is 16.9 Å². The number of carbonyl (C=O) groups is 1. The first-order chi connectivity index (χ1) is 17.1. The second kappa shape index (κ2) is 11.6. The predicted molar refractivity (Wildman–Crippen MR) is 134 cm³/mol. The van der Waals surface area contributed by atoms with Gasteiger partial charge in [0.15, 0.2) is 5.58 Å². The summed E-state index contributed by atoms with van der Waals surface area (Å²) in [6.07, 6.45) is 0.811. The molecule has 0 aliphatic rings. The standard InChI is InChI=1S/C28H30N2O5/c1-19-24-14-21(15-25(28(24)35-30-19)22-9-5-7-20(13-22)17-29)18-34-26-10-4-3-8-23(26)16-27(31)33-12-6-11-32-2/h3-5,7-10,13-15H,6,11-12,16-18,29H2,1-2H3. The largest absolute Gasteiger partial charge is 0.489 e. The first-order valence-electron chi connectivity index (χ1n) is 11.6. The molecule has 1 heterocycles. The first-order valence-corrected chi connectivity index (χ1v) is 11.6. The van der Waals surface area contributed by atoms with Crippen LogP contribution in [0.3, 0.4) is 0 Å². The van der Waals surface area contributed by atoms with Gasteiger partial charge < -0.3 is 24.5 Å². The van der Waals surface area contributed by atoms with E-state index in [0.717, 1.165) is 44.5 Å². The van der Waals surface area contributed by atoms with Gasteiger partial charge in [0, 0.05) is 43.2 Å². The molecule has 7 nitrogen and oxygen atoms in total. The van der Waals surface area contributed by atoms with E-state index in [9.17, 15) is 4.79 Å². The zero-order valence-electron chi connectivity index (χ0n) is 20.1. The van der Waals surface area contributed by atoms with Crippen LogP contribution in [0.25, 0.3) is 22.1 Å². The van der Waals surface area contributed by atoms with E-state index in [1.54, 1.807) is 7.11 Å². The van der Waals surface area contributed by atoms with Crippen molar-refractivity contribution in [3.8, 4) is 16.9 Å². The number of benzene rings is 3. The fraction of sp³-hybridized carbons (Fsp3) is 0.286. The maximum Gasteiger partial charge on any atom is 0.310 e. The van der Waals surface area contributed by atoms with E-state index in [2.05, 4.69) is 17.3 Å². The summed E-state index contributed by atoms with van der Waals surface area (Å²) in [4.78, 5) is 12.3. The van der Waals surface area contributed by atoms with E-state index in [-0.39, 0.29) is 12.4 Å². The molecule has 0 saturated carbocycles. The lowest BCUT2D eigenvalue weighted by molar-refractivity contribution is -0.143. The van der Waals surface area contributed by atoms with E-state index in [0.29, 0.717) is 38.5 Å². The fourth-order valence-electron chi connectivity index (χ4n) is 3.93. The summed E-state index contributed by atoms with van der Waals surface area (Å²) in [5.74, 6) is 0.357. The van der Waals surface area contributed by atoms with Crippen LogP contribution in [0.15, 0.2) is 65.2 Å². The lowest BCUT2D eigenvalue weighted by atomic mass is 9.98. The molecule has 35 heavy (non-hydrogen) atoms. The molecule has 0 unspecified atom stereocenters.